The number of aryl methyl sites for hydroxylation is 1. The van der Waals surface area contributed by atoms with Gasteiger partial charge in [-0.25, -0.2) is 0 Å². The Morgan fingerprint density at radius 3 is 2.39 bits per heavy atom. The summed E-state index contributed by atoms with van der Waals surface area (Å²) in [7, 11) is 1.64. The first-order valence-electron chi connectivity index (χ1n) is 14.4. The van der Waals surface area contributed by atoms with E-state index in [1.807, 2.05) is 36.5 Å². The Hall–Kier alpha value is -3.32. The van der Waals surface area contributed by atoms with Gasteiger partial charge in [-0.3, -0.25) is 9.69 Å². The lowest BCUT2D eigenvalue weighted by Gasteiger charge is -2.15. The number of aldehydes is 1. The van der Waals surface area contributed by atoms with Gasteiger partial charge in [-0.2, -0.15) is 0 Å². The van der Waals surface area contributed by atoms with Crippen molar-refractivity contribution in [2.75, 3.05) is 40.0 Å². The maximum Gasteiger partial charge on any atom is 0.150 e. The highest BCUT2D eigenvalue weighted by Gasteiger charge is 2.11. The highest BCUT2D eigenvalue weighted by Crippen LogP contribution is 2.28. The maximum absolute atomic E-state index is 10.3. The fourth-order valence-corrected chi connectivity index (χ4v) is 5.56. The molecule has 1 fully saturated rings. The van der Waals surface area contributed by atoms with Crippen LogP contribution in [0.2, 0.25) is 0 Å². The summed E-state index contributed by atoms with van der Waals surface area (Å²) in [6.07, 6.45) is 6.02. The van der Waals surface area contributed by atoms with E-state index in [9.17, 15) is 9.59 Å². The molecule has 0 amide bonds. The Kier molecular flexibility index (Phi) is 14.3. The number of nitrogens with zero attached hydrogens (tertiary/aromatic N) is 1. The normalized spacial score (nSPS) is 12.7. The molecule has 0 unspecified atom stereocenters. The van der Waals surface area contributed by atoms with Gasteiger partial charge in [-0.05, 0) is 98.8 Å². The van der Waals surface area contributed by atoms with Gasteiger partial charge >= 0.3 is 0 Å². The minimum absolute atomic E-state index is 0.238. The molecular weight excluding hydrogens is 530 g/mol. The quantitative estimate of drug-likeness (QED) is 0.135. The fourth-order valence-electron chi connectivity index (χ4n) is 4.60. The number of carbonyl (C=O) groups is 2. The molecule has 0 spiro atoms. The van der Waals surface area contributed by atoms with Gasteiger partial charge in [-0.15, -0.1) is 11.3 Å². The smallest absolute Gasteiger partial charge is 0.150 e. The van der Waals surface area contributed by atoms with Crippen molar-refractivity contribution in [2.45, 2.75) is 46.0 Å². The molecule has 1 saturated heterocycles. The number of ether oxygens (including phenoxy) is 2. The summed E-state index contributed by atoms with van der Waals surface area (Å²) < 4.78 is 12.0. The average Bonchev–Trinajstić information content (AvgIpc) is 3.65. The molecule has 3 aromatic carbocycles. The largest absolute Gasteiger partial charge is 0.492 e. The number of ketones is 1. The van der Waals surface area contributed by atoms with E-state index in [-0.39, 0.29) is 5.78 Å². The van der Waals surface area contributed by atoms with Crippen LogP contribution >= 0.6 is 11.3 Å². The first-order chi connectivity index (χ1) is 20.0. The topological polar surface area (TPSA) is 55.8 Å². The summed E-state index contributed by atoms with van der Waals surface area (Å²) in [6, 6.07) is 24.7. The monoisotopic (exact) mass is 573 g/mol. The Morgan fingerprint density at radius 1 is 0.976 bits per heavy atom. The Morgan fingerprint density at radius 2 is 1.73 bits per heavy atom. The number of fused-ring (bicyclic) bond motifs is 1. The van der Waals surface area contributed by atoms with E-state index < -0.39 is 0 Å². The second kappa shape index (κ2) is 18.2. The van der Waals surface area contributed by atoms with Crippen LogP contribution in [0.15, 0.2) is 78.2 Å². The number of rotatable bonds is 11. The van der Waals surface area contributed by atoms with Crippen LogP contribution in [0, 0.1) is 6.92 Å². The van der Waals surface area contributed by atoms with Crippen molar-refractivity contribution in [2.24, 2.45) is 0 Å². The minimum atomic E-state index is 0.238. The van der Waals surface area contributed by atoms with Crippen LogP contribution in [0.25, 0.3) is 10.1 Å². The summed E-state index contributed by atoms with van der Waals surface area (Å²) in [5.41, 5.74) is 4.62. The molecule has 0 bridgehead atoms. The molecule has 0 atom stereocenters. The van der Waals surface area contributed by atoms with Crippen LogP contribution in [0.4, 0.5) is 0 Å². The highest BCUT2D eigenvalue weighted by atomic mass is 32.1. The number of likely N-dealkylation sites (tertiary alicyclic amines) is 1. The molecule has 218 valence electrons. The molecule has 0 radical (unpaired) electrons. The van der Waals surface area contributed by atoms with Gasteiger partial charge in [0.1, 0.15) is 24.4 Å². The molecule has 1 aromatic heterocycles. The van der Waals surface area contributed by atoms with Crippen LogP contribution in [-0.4, -0.2) is 56.9 Å². The summed E-state index contributed by atoms with van der Waals surface area (Å²) in [6.45, 7) is 8.55. The van der Waals surface area contributed by atoms with Crippen molar-refractivity contribution in [3.63, 3.8) is 0 Å². The molecule has 0 N–H and O–H groups in total. The van der Waals surface area contributed by atoms with Crippen LogP contribution in [-0.2, 0) is 16.0 Å². The second-order valence-electron chi connectivity index (χ2n) is 10.3. The molecule has 4 aromatic rings. The molecule has 2 heterocycles. The van der Waals surface area contributed by atoms with E-state index in [2.05, 4.69) is 58.8 Å². The molecule has 5 rings (SSSR count). The maximum atomic E-state index is 10.3. The standard InChI is InChI=1S/C21H23NOS.C8H8O.C6H12O2/c1-2-6-21-20(5-1)18(16-24-21)15-17-7-9-19(10-8-17)23-14-13-22-11-3-4-12-22;1-7-3-2-4-8(5-7)6-9;1-6(7)4-3-5-8-2/h1-2,5-10,16H,3-4,11-15H2;2-6H,1H3;3-5H2,1-2H3. The predicted molar refractivity (Wildman–Crippen MR) is 171 cm³/mol. The number of methoxy groups -OCH3 is 1. The lowest BCUT2D eigenvalue weighted by Crippen LogP contribution is -2.25. The molecule has 1 aliphatic rings. The van der Waals surface area contributed by atoms with Gasteiger partial charge < -0.3 is 14.3 Å². The fraction of sp³-hybridized carbons (Fsp3) is 0.371. The van der Waals surface area contributed by atoms with E-state index in [1.165, 1.54) is 47.1 Å². The lowest BCUT2D eigenvalue weighted by molar-refractivity contribution is -0.117. The van der Waals surface area contributed by atoms with Gasteiger partial charge in [0.2, 0.25) is 0 Å². The number of Topliss-reactive ketones (excluding diaryl/α,β-unsaturated/α-hetero) is 1. The first-order valence-corrected chi connectivity index (χ1v) is 15.3. The van der Waals surface area contributed by atoms with Gasteiger partial charge in [-0.1, -0.05) is 54.1 Å². The molecule has 0 saturated carbocycles. The van der Waals surface area contributed by atoms with Crippen molar-refractivity contribution in [3.8, 4) is 5.75 Å². The van der Waals surface area contributed by atoms with E-state index >= 15 is 0 Å². The summed E-state index contributed by atoms with van der Waals surface area (Å²) in [5, 5.41) is 3.67. The molecule has 6 heteroatoms. The van der Waals surface area contributed by atoms with E-state index in [0.717, 1.165) is 49.2 Å². The molecular formula is C35H43NO4S. The lowest BCUT2D eigenvalue weighted by atomic mass is 10.0. The number of benzene rings is 3. The third-order valence-electron chi connectivity index (χ3n) is 6.81. The zero-order valence-electron chi connectivity index (χ0n) is 24.6. The SMILES string of the molecule is COCCCC(C)=O.Cc1cccc(C=O)c1.c1ccc2c(Cc3ccc(OCCN4CCCC4)cc3)csc2c1. The van der Waals surface area contributed by atoms with Crippen molar-refractivity contribution in [3.05, 3.63) is 100 Å². The Bertz CT molecular complexity index is 1330. The first kappa shape index (κ1) is 32.2. The van der Waals surface area contributed by atoms with Crippen molar-refractivity contribution >= 4 is 33.5 Å². The summed E-state index contributed by atoms with van der Waals surface area (Å²) >= 11 is 1.83. The zero-order chi connectivity index (χ0) is 29.3. The molecule has 1 aliphatic heterocycles. The molecule has 0 aliphatic carbocycles. The van der Waals surface area contributed by atoms with Crippen molar-refractivity contribution < 1.29 is 19.1 Å². The van der Waals surface area contributed by atoms with Crippen LogP contribution < -0.4 is 4.74 Å². The van der Waals surface area contributed by atoms with E-state index in [4.69, 9.17) is 9.47 Å². The van der Waals surface area contributed by atoms with Crippen molar-refractivity contribution in [1.29, 1.82) is 0 Å². The molecule has 5 nitrogen and oxygen atoms in total. The zero-order valence-corrected chi connectivity index (χ0v) is 25.5. The highest BCUT2D eigenvalue weighted by molar-refractivity contribution is 7.17. The minimum Gasteiger partial charge on any atom is -0.492 e. The van der Waals surface area contributed by atoms with E-state index in [1.54, 1.807) is 20.1 Å². The number of thiophene rings is 1. The van der Waals surface area contributed by atoms with E-state index in [0.29, 0.717) is 13.0 Å². The average molecular weight is 574 g/mol. The van der Waals surface area contributed by atoms with Gasteiger partial charge in [0.05, 0.1) is 0 Å². The Balaban J connectivity index is 0.000000224. The number of hydrogen-bond acceptors (Lipinski definition) is 6. The predicted octanol–water partition coefficient (Wildman–Crippen LogP) is 7.78. The number of hydrogen-bond donors (Lipinski definition) is 0. The van der Waals surface area contributed by atoms with Crippen molar-refractivity contribution in [1.82, 2.24) is 4.90 Å². The second-order valence-corrected chi connectivity index (χ2v) is 11.2. The van der Waals surface area contributed by atoms with Gasteiger partial charge in [0, 0.05) is 36.9 Å². The van der Waals surface area contributed by atoms with Gasteiger partial charge in [0.25, 0.3) is 0 Å². The van der Waals surface area contributed by atoms with Crippen LogP contribution in [0.1, 0.15) is 59.7 Å². The van der Waals surface area contributed by atoms with Gasteiger partial charge in [0.15, 0.2) is 0 Å². The third-order valence-corrected chi connectivity index (χ3v) is 7.82. The molecule has 41 heavy (non-hydrogen) atoms. The summed E-state index contributed by atoms with van der Waals surface area (Å²) in [4.78, 5) is 22.9. The number of carbonyl (C=O) groups excluding carboxylic acids is 2. The van der Waals surface area contributed by atoms with Crippen LogP contribution in [0.5, 0.6) is 5.75 Å². The Labute approximate surface area is 249 Å². The van der Waals surface area contributed by atoms with Crippen LogP contribution in [0.3, 0.4) is 0 Å². The third kappa shape index (κ3) is 12.0. The summed E-state index contributed by atoms with van der Waals surface area (Å²) in [5.74, 6) is 1.22.